The van der Waals surface area contributed by atoms with Crippen LogP contribution < -0.4 is 4.90 Å². The predicted molar refractivity (Wildman–Crippen MR) is 97.9 cm³/mol. The Morgan fingerprint density at radius 2 is 2.15 bits per heavy atom. The highest BCUT2D eigenvalue weighted by Gasteiger charge is 2.24. The number of rotatable bonds is 3. The van der Waals surface area contributed by atoms with Gasteiger partial charge in [0.1, 0.15) is 5.69 Å². The van der Waals surface area contributed by atoms with Crippen molar-refractivity contribution in [3.8, 4) is 23.0 Å². The molecule has 9 nitrogen and oxygen atoms in total. The fourth-order valence-electron chi connectivity index (χ4n) is 3.39. The van der Waals surface area contributed by atoms with Gasteiger partial charge in [-0.25, -0.2) is 4.98 Å². The minimum Gasteiger partial charge on any atom is -0.391 e. The molecule has 1 aliphatic rings. The van der Waals surface area contributed by atoms with Crippen molar-refractivity contribution in [3.05, 3.63) is 36.5 Å². The van der Waals surface area contributed by atoms with Crippen molar-refractivity contribution >= 4 is 17.0 Å². The maximum Gasteiger partial charge on any atom is 0.258 e. The number of nitrogens with zero attached hydrogens (tertiary/aromatic N) is 7. The van der Waals surface area contributed by atoms with Crippen LogP contribution in [0.4, 0.5) is 5.95 Å². The second-order valence-electron chi connectivity index (χ2n) is 6.59. The number of aliphatic hydroxyl groups excluding tert-OH is 1. The van der Waals surface area contributed by atoms with Crippen molar-refractivity contribution < 1.29 is 9.63 Å². The van der Waals surface area contributed by atoms with E-state index in [1.807, 2.05) is 29.8 Å². The molecule has 1 aromatic carbocycles. The second-order valence-corrected chi connectivity index (χ2v) is 6.59. The van der Waals surface area contributed by atoms with Crippen molar-refractivity contribution in [2.45, 2.75) is 12.5 Å². The maximum absolute atomic E-state index is 9.80. The summed E-state index contributed by atoms with van der Waals surface area (Å²) in [5.74, 6) is 1.65. The topological polar surface area (TPSA) is 106 Å². The molecule has 3 aromatic heterocycles. The van der Waals surface area contributed by atoms with Crippen molar-refractivity contribution in [2.75, 3.05) is 18.0 Å². The molecule has 4 heterocycles. The Balaban J connectivity index is 1.51. The Morgan fingerprint density at radius 1 is 1.22 bits per heavy atom. The third-order valence-electron chi connectivity index (χ3n) is 4.78. The van der Waals surface area contributed by atoms with Gasteiger partial charge in [-0.1, -0.05) is 5.16 Å². The average molecular weight is 363 g/mol. The van der Waals surface area contributed by atoms with Crippen LogP contribution in [-0.2, 0) is 7.05 Å². The molecule has 0 amide bonds. The number of fused-ring (bicyclic) bond motifs is 1. The molecule has 9 heteroatoms. The Bertz CT molecular complexity index is 1110. The summed E-state index contributed by atoms with van der Waals surface area (Å²) in [6.07, 6.45) is 2.07. The molecule has 1 atom stereocenters. The normalized spacial score (nSPS) is 17.1. The number of aryl methyl sites for hydroxylation is 1. The lowest BCUT2D eigenvalue weighted by Crippen LogP contribution is -2.24. The van der Waals surface area contributed by atoms with Crippen LogP contribution in [0, 0.1) is 0 Å². The van der Waals surface area contributed by atoms with E-state index in [1.54, 1.807) is 18.3 Å². The number of β-amino-alcohol motifs (C(OH)–C–C–N with tert-alkyl or cyclic N) is 1. The van der Waals surface area contributed by atoms with E-state index < -0.39 is 0 Å². The lowest BCUT2D eigenvalue weighted by atomic mass is 10.2. The molecule has 27 heavy (non-hydrogen) atoms. The number of aliphatic hydroxyl groups is 1. The molecule has 1 fully saturated rings. The van der Waals surface area contributed by atoms with Crippen LogP contribution in [0.1, 0.15) is 6.42 Å². The summed E-state index contributed by atoms with van der Waals surface area (Å²) in [7, 11) is 1.98. The zero-order valence-corrected chi connectivity index (χ0v) is 14.6. The molecule has 136 valence electrons. The first-order valence-corrected chi connectivity index (χ1v) is 8.71. The first kappa shape index (κ1) is 15.9. The Morgan fingerprint density at radius 3 is 2.93 bits per heavy atom. The standard InChI is InChI=1S/C18H17N7O2/c1-24-15-5-4-11(9-14(15)20-18(24)25-8-6-12(26)10-25)17-21-16(23-27-17)13-3-2-7-19-22-13/h2-5,7,9,12,26H,6,8,10H2,1H3/t12-/m0/s1. The summed E-state index contributed by atoms with van der Waals surface area (Å²) < 4.78 is 7.44. The van der Waals surface area contributed by atoms with Crippen LogP contribution in [0.3, 0.4) is 0 Å². The largest absolute Gasteiger partial charge is 0.391 e. The SMILES string of the molecule is Cn1c(N2CC[C@H](O)C2)nc2cc(-c3nc(-c4cccnn4)no3)ccc21. The molecule has 0 saturated carbocycles. The van der Waals surface area contributed by atoms with Gasteiger partial charge in [-0.3, -0.25) is 0 Å². The Kier molecular flexibility index (Phi) is 3.61. The van der Waals surface area contributed by atoms with E-state index in [1.165, 1.54) is 0 Å². The fourth-order valence-corrected chi connectivity index (χ4v) is 3.39. The smallest absolute Gasteiger partial charge is 0.258 e. The van der Waals surface area contributed by atoms with Gasteiger partial charge in [-0.2, -0.15) is 10.1 Å². The summed E-state index contributed by atoms with van der Waals surface area (Å²) in [6.45, 7) is 1.41. The highest BCUT2D eigenvalue weighted by molar-refractivity contribution is 5.83. The zero-order chi connectivity index (χ0) is 18.4. The molecule has 5 rings (SSSR count). The third-order valence-corrected chi connectivity index (χ3v) is 4.78. The first-order chi connectivity index (χ1) is 13.2. The second kappa shape index (κ2) is 6.13. The summed E-state index contributed by atoms with van der Waals surface area (Å²) >= 11 is 0. The molecule has 1 N–H and O–H groups in total. The van der Waals surface area contributed by atoms with E-state index in [0.29, 0.717) is 24.0 Å². The number of aromatic nitrogens is 6. The van der Waals surface area contributed by atoms with Gasteiger partial charge in [0.25, 0.3) is 5.89 Å². The molecule has 0 unspecified atom stereocenters. The van der Waals surface area contributed by atoms with Crippen LogP contribution in [0.2, 0.25) is 0 Å². The molecule has 0 radical (unpaired) electrons. The molecule has 0 spiro atoms. The molecule has 1 saturated heterocycles. The first-order valence-electron chi connectivity index (χ1n) is 8.71. The van der Waals surface area contributed by atoms with Gasteiger partial charge in [-0.05, 0) is 36.8 Å². The van der Waals surface area contributed by atoms with Gasteiger partial charge in [0, 0.05) is 31.9 Å². The zero-order valence-electron chi connectivity index (χ0n) is 14.6. The van der Waals surface area contributed by atoms with Crippen molar-refractivity contribution in [1.29, 1.82) is 0 Å². The lowest BCUT2D eigenvalue weighted by Gasteiger charge is -2.16. The molecule has 0 bridgehead atoms. The van der Waals surface area contributed by atoms with Gasteiger partial charge < -0.3 is 19.1 Å². The summed E-state index contributed by atoms with van der Waals surface area (Å²) in [5.41, 5.74) is 3.19. The summed E-state index contributed by atoms with van der Waals surface area (Å²) in [5, 5.41) is 21.6. The van der Waals surface area contributed by atoms with E-state index in [9.17, 15) is 5.11 Å². The average Bonchev–Trinajstić information content (AvgIpc) is 3.41. The number of hydrogen-bond donors (Lipinski definition) is 1. The number of hydrogen-bond acceptors (Lipinski definition) is 8. The van der Waals surface area contributed by atoms with Crippen LogP contribution >= 0.6 is 0 Å². The van der Waals surface area contributed by atoms with Crippen LogP contribution in [-0.4, -0.2) is 54.2 Å². The number of benzene rings is 1. The highest BCUT2D eigenvalue weighted by atomic mass is 16.5. The predicted octanol–water partition coefficient (Wildman–Crippen LogP) is 1.65. The Hall–Kier alpha value is -3.33. The minimum absolute atomic E-state index is 0.293. The van der Waals surface area contributed by atoms with E-state index in [0.717, 1.165) is 35.5 Å². The van der Waals surface area contributed by atoms with Gasteiger partial charge in [0.05, 0.1) is 17.1 Å². The van der Waals surface area contributed by atoms with Gasteiger partial charge in [0.15, 0.2) is 0 Å². The van der Waals surface area contributed by atoms with E-state index in [-0.39, 0.29) is 6.10 Å². The minimum atomic E-state index is -0.293. The van der Waals surface area contributed by atoms with Gasteiger partial charge >= 0.3 is 0 Å². The lowest BCUT2D eigenvalue weighted by molar-refractivity contribution is 0.198. The molecular weight excluding hydrogens is 346 g/mol. The summed E-state index contributed by atoms with van der Waals surface area (Å²) in [6, 6.07) is 9.40. The number of imidazole rings is 1. The third kappa shape index (κ3) is 2.72. The van der Waals surface area contributed by atoms with Crippen molar-refractivity contribution in [2.24, 2.45) is 7.05 Å². The van der Waals surface area contributed by atoms with E-state index in [2.05, 4.69) is 25.2 Å². The van der Waals surface area contributed by atoms with E-state index >= 15 is 0 Å². The van der Waals surface area contributed by atoms with Crippen molar-refractivity contribution in [1.82, 2.24) is 29.9 Å². The molecule has 1 aliphatic heterocycles. The van der Waals surface area contributed by atoms with Crippen LogP contribution in [0.15, 0.2) is 41.1 Å². The Labute approximate surface area is 154 Å². The van der Waals surface area contributed by atoms with Crippen LogP contribution in [0.5, 0.6) is 0 Å². The molecular formula is C18H17N7O2. The van der Waals surface area contributed by atoms with E-state index in [4.69, 9.17) is 9.51 Å². The fraction of sp³-hybridized carbons (Fsp3) is 0.278. The maximum atomic E-state index is 9.80. The quantitative estimate of drug-likeness (QED) is 0.586. The van der Waals surface area contributed by atoms with Gasteiger partial charge in [-0.15, -0.1) is 5.10 Å². The van der Waals surface area contributed by atoms with Gasteiger partial charge in [0.2, 0.25) is 11.8 Å². The number of anilines is 1. The summed E-state index contributed by atoms with van der Waals surface area (Å²) in [4.78, 5) is 11.3. The van der Waals surface area contributed by atoms with Crippen LogP contribution in [0.25, 0.3) is 34.0 Å². The molecule has 0 aliphatic carbocycles. The monoisotopic (exact) mass is 363 g/mol. The highest BCUT2D eigenvalue weighted by Crippen LogP contribution is 2.28. The van der Waals surface area contributed by atoms with Crippen molar-refractivity contribution in [3.63, 3.8) is 0 Å². The molecule has 4 aromatic rings.